The molecule has 21 aromatic rings. The number of nitrogens with zero attached hydrogens (tertiary/aromatic N) is 10. The zero-order valence-corrected chi connectivity index (χ0v) is 79.6. The molecule has 133 heavy (non-hydrogen) atoms. The summed E-state index contributed by atoms with van der Waals surface area (Å²) < 4.78 is 39.3. The van der Waals surface area contributed by atoms with Crippen molar-refractivity contribution in [1.29, 1.82) is 0 Å². The number of anilines is 1. The number of hydrogen-bond acceptors (Lipinski definition) is 17. The number of rotatable bonds is 18. The van der Waals surface area contributed by atoms with Crippen molar-refractivity contribution in [2.24, 2.45) is 0 Å². The molecule has 0 unspecified atom stereocenters. The second-order valence-corrected chi connectivity index (χ2v) is 29.5. The number of oxazole rings is 1. The molecule has 1 aliphatic rings. The summed E-state index contributed by atoms with van der Waals surface area (Å²) in [6, 6.07) is 125. The molecule has 0 amide bonds. The number of ether oxygens (including phenoxy) is 4. The Bertz CT molecular complexity index is 7330. The molecule has 22 rings (SSSR count). The van der Waals surface area contributed by atoms with Crippen molar-refractivity contribution in [3.8, 4) is 137 Å². The van der Waals surface area contributed by atoms with Gasteiger partial charge < -0.3 is 52.6 Å². The van der Waals surface area contributed by atoms with Crippen molar-refractivity contribution in [3.63, 3.8) is 0 Å². The standard InChI is InChI=1S/C28H17N2O2.C28H17N2OS.C26H19BN3O.C25H16N3O2.4ClH.4Pd/c1-2-9-25-22(7-1)23-14-11-19(17-27(23)31-25)21-13-12-20(24-8-3-5-15-29-24)18-26(21)32-28-10-4-6-16-30-28;1-2-9-26-22(7-1)23-17-19(12-14-27(23)32-26)21-13-11-20(24-8-3-5-15-29-24)18-25(21)31-28-10-4-6-16-30-28;1-2-8-22(9-3-1)30-18-14-27(15-19-30)23-13-12-21(24-10-4-6-16-28-24)20-25(23)31-26-11-5-7-17-29-26;1-2-8-18(9-3-1)23-17-28-25(30-23)20-13-12-19(21-10-4-6-14-26-21)16-22(20)29-24-11-5-7-15-27-24;;;;;;;;/h2*1-17H;1-19H;1-15,17H;4*1H;;;;/q4*-1;;;;;4*+2/p-4. The van der Waals surface area contributed by atoms with Gasteiger partial charge in [0.15, 0.2) is 18.4 Å². The zero-order valence-electron chi connectivity index (χ0n) is 69.5. The Morgan fingerprint density at radius 3 is 1.16 bits per heavy atom. The Kier molecular flexibility index (Phi) is 34.8. The Hall–Kier alpha value is -13.0. The van der Waals surface area contributed by atoms with Crippen LogP contribution in [0, 0.1) is 24.3 Å². The van der Waals surface area contributed by atoms with E-state index in [4.69, 9.17) is 27.8 Å². The summed E-state index contributed by atoms with van der Waals surface area (Å²) in [5.41, 5.74) is 16.2. The molecule has 0 spiro atoms. The first kappa shape index (κ1) is 94.6. The molecule has 1 aliphatic heterocycles. The van der Waals surface area contributed by atoms with Crippen LogP contribution in [0.15, 0.2) is 429 Å². The molecule has 0 saturated carbocycles. The predicted molar refractivity (Wildman–Crippen MR) is 519 cm³/mol. The van der Waals surface area contributed by atoms with Gasteiger partial charge in [0.05, 0.1) is 23.4 Å². The van der Waals surface area contributed by atoms with Crippen molar-refractivity contribution in [1.82, 2.24) is 44.9 Å². The van der Waals surface area contributed by atoms with Gasteiger partial charge in [-0.1, -0.05) is 229 Å². The number of para-hydroxylation sites is 2. The fourth-order valence-corrected chi connectivity index (χ4v) is 15.3. The van der Waals surface area contributed by atoms with Gasteiger partial charge in [0.1, 0.15) is 11.2 Å². The van der Waals surface area contributed by atoms with E-state index in [0.29, 0.717) is 63.7 Å². The molecule has 0 bridgehead atoms. The quantitative estimate of drug-likeness (QED) is 0.0583. The van der Waals surface area contributed by atoms with Gasteiger partial charge in [0, 0.05) is 122 Å². The molecule has 12 heterocycles. The Morgan fingerprint density at radius 1 is 0.293 bits per heavy atom. The van der Waals surface area contributed by atoms with Crippen LogP contribution >= 0.6 is 49.5 Å². The van der Waals surface area contributed by atoms with E-state index in [2.05, 4.69) is 294 Å². The summed E-state index contributed by atoms with van der Waals surface area (Å²) >= 11 is 10.7. The minimum absolute atomic E-state index is 0.0627. The van der Waals surface area contributed by atoms with Crippen molar-refractivity contribution in [2.45, 2.75) is 0 Å². The average Bonchev–Trinajstić information content (AvgIpc) is 1.64. The summed E-state index contributed by atoms with van der Waals surface area (Å²) in [6.45, 7) is 0.0627. The zero-order chi connectivity index (χ0) is 91.7. The van der Waals surface area contributed by atoms with Crippen LogP contribution in [0.1, 0.15) is 0 Å². The Morgan fingerprint density at radius 2 is 0.677 bits per heavy atom. The fourth-order valence-electron chi connectivity index (χ4n) is 14.2. The van der Waals surface area contributed by atoms with Crippen LogP contribution < -0.4 is 29.3 Å². The summed E-state index contributed by atoms with van der Waals surface area (Å²) in [6.07, 6.45) is 19.8. The first-order chi connectivity index (χ1) is 65.9. The van der Waals surface area contributed by atoms with E-state index in [9.17, 15) is 0 Å². The minimum atomic E-state index is 0.0627. The first-order valence-corrected chi connectivity index (χ1v) is 49.6. The number of aromatic nitrogens is 9. The molecule has 0 N–H and O–H groups in total. The van der Waals surface area contributed by atoms with Crippen LogP contribution in [0.4, 0.5) is 5.69 Å². The average molecular weight is 2200 g/mol. The molecule has 26 heteroatoms. The maximum atomic E-state index is 6.22. The van der Waals surface area contributed by atoms with Crippen molar-refractivity contribution in [2.75, 3.05) is 4.90 Å². The minimum Gasteiger partial charge on any atom is -0.459 e. The third kappa shape index (κ3) is 24.5. The predicted octanol–water partition coefficient (Wildman–Crippen LogP) is 28.9. The molecule has 16 nitrogen and oxygen atoms in total. The van der Waals surface area contributed by atoms with E-state index in [1.807, 2.05) is 260 Å². The topological polar surface area (TPSA) is 182 Å². The second-order valence-electron chi connectivity index (χ2n) is 28.4. The molecular weight excluding hydrogens is 2130 g/mol. The van der Waals surface area contributed by atoms with Crippen molar-refractivity contribution in [3.05, 3.63) is 444 Å². The maximum Gasteiger partial charge on any atom is 0.217 e. The SMILES string of the molecule is [Cl][Pd+].[Cl][Pd+].[Cl][Pd+].[Cl][Pd+].[c-]1c(-c2ccccn2)ccc(-c2ccc3c(c2)oc2ccccc23)c1Oc1ccccn1.[c-]1c(-c2ccccn2)ccc(-c2ccc3sc4ccccc4c3c2)c1Oc1ccccn1.[c-]1c(-c2ccccn2)ccc(-c2ncc(-c3ccccc3)o2)c1Oc1ccccn1.[c-]1c(-c2ccccn2)ccc(B2C=CN(c3ccccc3)C=C2)c1Oc1ccccn1. The van der Waals surface area contributed by atoms with Gasteiger partial charge >= 0.3 is 111 Å². The number of fused-ring (bicyclic) bond motifs is 6. The monoisotopic (exact) mass is 2200 g/mol. The molecule has 0 saturated heterocycles. The van der Waals surface area contributed by atoms with Gasteiger partial charge in [-0.25, -0.2) is 24.9 Å². The molecule has 0 aliphatic carbocycles. The number of hydrogen-bond donors (Lipinski definition) is 0. The van der Waals surface area contributed by atoms with E-state index in [0.717, 1.165) is 106 Å². The number of halogens is 4. The molecule has 0 radical (unpaired) electrons. The molecule has 11 aromatic heterocycles. The van der Waals surface area contributed by atoms with Crippen LogP contribution in [0.25, 0.3) is 132 Å². The normalized spacial score (nSPS) is 10.9. The third-order valence-electron chi connectivity index (χ3n) is 20.3. The van der Waals surface area contributed by atoms with Crippen molar-refractivity contribution >= 4 is 109 Å². The van der Waals surface area contributed by atoms with Gasteiger partial charge in [-0.2, -0.15) is 0 Å². The number of benzene rings is 10. The smallest absolute Gasteiger partial charge is 0.217 e. The van der Waals surface area contributed by atoms with Crippen LogP contribution in [-0.4, -0.2) is 51.6 Å². The van der Waals surface area contributed by atoms with E-state index in [-0.39, 0.29) is 6.71 Å². The van der Waals surface area contributed by atoms with Crippen LogP contribution in [-0.2, 0) is 72.7 Å². The van der Waals surface area contributed by atoms with Crippen LogP contribution in [0.2, 0.25) is 0 Å². The van der Waals surface area contributed by atoms with Gasteiger partial charge in [-0.05, 0) is 126 Å². The largest absolute Gasteiger partial charge is 0.459 e. The van der Waals surface area contributed by atoms with Crippen LogP contribution in [0.3, 0.4) is 0 Å². The number of pyridine rings is 8. The molecule has 0 fully saturated rings. The van der Waals surface area contributed by atoms with E-state index in [1.165, 1.54) is 20.2 Å². The van der Waals surface area contributed by atoms with Gasteiger partial charge in [-0.15, -0.1) is 99.5 Å². The molecular formula is C107H69BCl4N10O6Pd4S. The number of thiophene rings is 1. The van der Waals surface area contributed by atoms with E-state index < -0.39 is 0 Å². The Balaban J connectivity index is 0.000000132. The third-order valence-corrected chi connectivity index (χ3v) is 21.5. The molecule has 660 valence electrons. The summed E-state index contributed by atoms with van der Waals surface area (Å²) in [7, 11) is 18.0. The summed E-state index contributed by atoms with van der Waals surface area (Å²) in [4.78, 5) is 41.5. The summed E-state index contributed by atoms with van der Waals surface area (Å²) in [5, 5.41) is 4.72. The van der Waals surface area contributed by atoms with Gasteiger partial charge in [-0.3, -0.25) is 0 Å². The fraction of sp³-hybridized carbons (Fsp3) is 0. The molecule has 10 aromatic carbocycles. The van der Waals surface area contributed by atoms with Crippen molar-refractivity contribution < 1.29 is 101 Å². The number of furan rings is 1. The Labute approximate surface area is 832 Å². The summed E-state index contributed by atoms with van der Waals surface area (Å²) in [5.74, 6) is 9.81. The first-order valence-electron chi connectivity index (χ1n) is 40.7. The van der Waals surface area contributed by atoms with E-state index in [1.54, 1.807) is 61.8 Å². The maximum absolute atomic E-state index is 6.22. The molecule has 0 atom stereocenters. The van der Waals surface area contributed by atoms with Gasteiger partial charge in [0.2, 0.25) is 23.5 Å². The van der Waals surface area contributed by atoms with Crippen LogP contribution in [0.5, 0.6) is 46.5 Å². The van der Waals surface area contributed by atoms with E-state index >= 15 is 0 Å². The van der Waals surface area contributed by atoms with Gasteiger partial charge in [0.25, 0.3) is 0 Å². The second kappa shape index (κ2) is 48.9.